The van der Waals surface area contributed by atoms with Gasteiger partial charge in [-0.25, -0.2) is 0 Å². The van der Waals surface area contributed by atoms with Gasteiger partial charge in [0.25, 0.3) is 11.1 Å². The molecule has 7 nitrogen and oxygen atoms in total. The molecule has 2 aromatic rings. The van der Waals surface area contributed by atoms with Crippen molar-refractivity contribution in [1.82, 2.24) is 20.8 Å². The van der Waals surface area contributed by atoms with Crippen molar-refractivity contribution in [1.29, 1.82) is 0 Å². The van der Waals surface area contributed by atoms with Gasteiger partial charge in [0.15, 0.2) is 0 Å². The fourth-order valence-corrected chi connectivity index (χ4v) is 2.83. The molecule has 2 amide bonds. The van der Waals surface area contributed by atoms with Gasteiger partial charge in [-0.05, 0) is 37.0 Å². The molecule has 0 aliphatic rings. The first-order valence-corrected chi connectivity index (χ1v) is 9.77. The number of nitrogens with one attached hydrogen (secondary N) is 2. The molecule has 0 atom stereocenters. The van der Waals surface area contributed by atoms with E-state index in [0.717, 1.165) is 11.8 Å². The second-order valence-electron chi connectivity index (χ2n) is 7.48. The summed E-state index contributed by atoms with van der Waals surface area (Å²) < 4.78 is 5.44. The Labute approximate surface area is 163 Å². The van der Waals surface area contributed by atoms with Crippen LogP contribution in [-0.4, -0.2) is 33.8 Å². The Morgan fingerprint density at radius 2 is 1.81 bits per heavy atom. The van der Waals surface area contributed by atoms with Gasteiger partial charge in [0.05, 0.1) is 12.3 Å². The summed E-state index contributed by atoms with van der Waals surface area (Å²) in [5.41, 5.74) is 1.78. The van der Waals surface area contributed by atoms with Crippen molar-refractivity contribution in [3.63, 3.8) is 0 Å². The summed E-state index contributed by atoms with van der Waals surface area (Å²) in [6.45, 7) is 10.3. The average molecular weight is 391 g/mol. The topological polar surface area (TPSA) is 97.1 Å². The van der Waals surface area contributed by atoms with Gasteiger partial charge in [-0.1, -0.05) is 44.7 Å². The SMILES string of the molecule is CC(C)NC(=O)CSc1nnc(CNC(=O)c2ccc(C(C)(C)C)cc2)o1. The fourth-order valence-electron chi connectivity index (χ4n) is 2.24. The van der Waals surface area contributed by atoms with E-state index in [1.807, 2.05) is 26.0 Å². The third-order valence-corrected chi connectivity index (χ3v) is 4.46. The maximum atomic E-state index is 12.2. The molecular weight excluding hydrogens is 364 g/mol. The van der Waals surface area contributed by atoms with E-state index in [1.54, 1.807) is 12.1 Å². The molecule has 1 aromatic carbocycles. The van der Waals surface area contributed by atoms with Gasteiger partial charge in [-0.2, -0.15) is 0 Å². The van der Waals surface area contributed by atoms with Crippen LogP contribution in [-0.2, 0) is 16.8 Å². The van der Waals surface area contributed by atoms with Crippen LogP contribution in [0.1, 0.15) is 56.4 Å². The first-order valence-electron chi connectivity index (χ1n) is 8.78. The van der Waals surface area contributed by atoms with E-state index in [0.29, 0.717) is 16.7 Å². The molecule has 2 rings (SSSR count). The van der Waals surface area contributed by atoms with Gasteiger partial charge in [0.2, 0.25) is 11.8 Å². The van der Waals surface area contributed by atoms with Crippen LogP contribution in [0.5, 0.6) is 0 Å². The zero-order valence-electron chi connectivity index (χ0n) is 16.3. The van der Waals surface area contributed by atoms with Crippen LogP contribution < -0.4 is 10.6 Å². The first kappa shape index (κ1) is 21.0. The van der Waals surface area contributed by atoms with Crippen molar-refractivity contribution in [2.45, 2.75) is 57.8 Å². The smallest absolute Gasteiger partial charge is 0.277 e. The Bertz CT molecular complexity index is 779. The van der Waals surface area contributed by atoms with Crippen LogP contribution in [0.25, 0.3) is 0 Å². The van der Waals surface area contributed by atoms with E-state index in [4.69, 9.17) is 4.42 Å². The standard InChI is InChI=1S/C19H26N4O3S/c1-12(2)21-15(24)11-27-18-23-22-16(26-18)10-20-17(25)13-6-8-14(9-7-13)19(3,4)5/h6-9,12H,10-11H2,1-5H3,(H,20,25)(H,21,24). The van der Waals surface area contributed by atoms with Crippen molar-refractivity contribution in [2.24, 2.45) is 0 Å². The number of hydrogen-bond donors (Lipinski definition) is 2. The van der Waals surface area contributed by atoms with Crippen LogP contribution >= 0.6 is 11.8 Å². The number of hydrogen-bond acceptors (Lipinski definition) is 6. The minimum atomic E-state index is -0.209. The molecule has 0 aliphatic carbocycles. The monoisotopic (exact) mass is 390 g/mol. The lowest BCUT2D eigenvalue weighted by molar-refractivity contribution is -0.119. The summed E-state index contributed by atoms with van der Waals surface area (Å²) in [5.74, 6) is 0.189. The highest BCUT2D eigenvalue weighted by molar-refractivity contribution is 7.99. The number of benzene rings is 1. The molecule has 0 spiro atoms. The number of rotatable bonds is 7. The van der Waals surface area contributed by atoms with Gasteiger partial charge >= 0.3 is 0 Å². The minimum Gasteiger partial charge on any atom is -0.414 e. The highest BCUT2D eigenvalue weighted by atomic mass is 32.2. The van der Waals surface area contributed by atoms with Crippen molar-refractivity contribution in [3.05, 3.63) is 41.3 Å². The molecule has 0 bridgehead atoms. The summed E-state index contributed by atoms with van der Waals surface area (Å²) >= 11 is 1.16. The molecule has 8 heteroatoms. The van der Waals surface area contributed by atoms with E-state index < -0.39 is 0 Å². The van der Waals surface area contributed by atoms with Crippen LogP contribution in [0.2, 0.25) is 0 Å². The van der Waals surface area contributed by atoms with Crippen molar-refractivity contribution in [3.8, 4) is 0 Å². The van der Waals surface area contributed by atoms with Gasteiger partial charge in [-0.15, -0.1) is 10.2 Å². The van der Waals surface area contributed by atoms with Crippen molar-refractivity contribution >= 4 is 23.6 Å². The quantitative estimate of drug-likeness (QED) is 0.706. The molecule has 0 fully saturated rings. The van der Waals surface area contributed by atoms with Gasteiger partial charge in [0, 0.05) is 11.6 Å². The zero-order chi connectivity index (χ0) is 20.0. The largest absolute Gasteiger partial charge is 0.414 e. The zero-order valence-corrected chi connectivity index (χ0v) is 17.1. The third kappa shape index (κ3) is 6.71. The van der Waals surface area contributed by atoms with Crippen LogP contribution in [0.4, 0.5) is 0 Å². The highest BCUT2D eigenvalue weighted by Crippen LogP contribution is 2.22. The van der Waals surface area contributed by atoms with E-state index in [1.165, 1.54) is 5.56 Å². The van der Waals surface area contributed by atoms with Gasteiger partial charge in [-0.3, -0.25) is 9.59 Å². The van der Waals surface area contributed by atoms with Crippen LogP contribution in [0.3, 0.4) is 0 Å². The molecule has 0 saturated carbocycles. The van der Waals surface area contributed by atoms with E-state index in [2.05, 4.69) is 41.6 Å². The molecule has 1 aromatic heterocycles. The normalized spacial score (nSPS) is 11.5. The Morgan fingerprint density at radius 3 is 2.41 bits per heavy atom. The van der Waals surface area contributed by atoms with Crippen molar-refractivity contribution < 1.29 is 14.0 Å². The summed E-state index contributed by atoms with van der Waals surface area (Å²) in [6.07, 6.45) is 0. The summed E-state index contributed by atoms with van der Waals surface area (Å²) in [7, 11) is 0. The maximum absolute atomic E-state index is 12.2. The maximum Gasteiger partial charge on any atom is 0.277 e. The molecule has 0 aliphatic heterocycles. The second kappa shape index (κ2) is 9.03. The lowest BCUT2D eigenvalue weighted by atomic mass is 9.87. The molecular formula is C19H26N4O3S. The lowest BCUT2D eigenvalue weighted by Crippen LogP contribution is -2.31. The number of aromatic nitrogens is 2. The number of carbonyl (C=O) groups excluding carboxylic acids is 2. The number of nitrogens with zero attached hydrogens (tertiary/aromatic N) is 2. The molecule has 0 saturated heterocycles. The van der Waals surface area contributed by atoms with Crippen molar-refractivity contribution in [2.75, 3.05) is 5.75 Å². The van der Waals surface area contributed by atoms with E-state index in [-0.39, 0.29) is 35.6 Å². The fraction of sp³-hybridized carbons (Fsp3) is 0.474. The number of thioether (sulfide) groups is 1. The Morgan fingerprint density at radius 1 is 1.15 bits per heavy atom. The molecule has 1 heterocycles. The first-order chi connectivity index (χ1) is 12.6. The second-order valence-corrected chi connectivity index (χ2v) is 8.41. The van der Waals surface area contributed by atoms with Gasteiger partial charge < -0.3 is 15.1 Å². The molecule has 0 radical (unpaired) electrons. The number of carbonyl (C=O) groups is 2. The van der Waals surface area contributed by atoms with Gasteiger partial charge in [0.1, 0.15) is 0 Å². The van der Waals surface area contributed by atoms with E-state index >= 15 is 0 Å². The molecule has 27 heavy (non-hydrogen) atoms. The lowest BCUT2D eigenvalue weighted by Gasteiger charge is -2.18. The van der Waals surface area contributed by atoms with Crippen LogP contribution in [0, 0.1) is 0 Å². The Balaban J connectivity index is 1.83. The summed E-state index contributed by atoms with van der Waals surface area (Å²) in [6, 6.07) is 7.61. The highest BCUT2D eigenvalue weighted by Gasteiger charge is 2.15. The van der Waals surface area contributed by atoms with Crippen LogP contribution in [0.15, 0.2) is 33.9 Å². The minimum absolute atomic E-state index is 0.0406. The third-order valence-electron chi connectivity index (χ3n) is 3.64. The Hall–Kier alpha value is -2.35. The molecule has 146 valence electrons. The number of amides is 2. The predicted octanol–water partition coefficient (Wildman–Crippen LogP) is 2.91. The van der Waals surface area contributed by atoms with E-state index in [9.17, 15) is 9.59 Å². The molecule has 2 N–H and O–H groups in total. The summed E-state index contributed by atoms with van der Waals surface area (Å²) in [5, 5.41) is 13.6. The molecule has 0 unspecified atom stereocenters. The summed E-state index contributed by atoms with van der Waals surface area (Å²) in [4.78, 5) is 23.9. The predicted molar refractivity (Wildman–Crippen MR) is 105 cm³/mol. The Kier molecular flexibility index (Phi) is 7.01. The average Bonchev–Trinajstić information content (AvgIpc) is 3.04.